The normalized spacial score (nSPS) is 11.8. The van der Waals surface area contributed by atoms with Crippen LogP contribution < -0.4 is 0 Å². The van der Waals surface area contributed by atoms with E-state index in [1.165, 1.54) is 18.2 Å². The Kier molecular flexibility index (Phi) is 3.68. The molecule has 0 aliphatic carbocycles. The summed E-state index contributed by atoms with van der Waals surface area (Å²) >= 11 is 8.41. The van der Waals surface area contributed by atoms with E-state index in [4.69, 9.17) is 16.1 Å². The minimum absolute atomic E-state index is 0.0141. The van der Waals surface area contributed by atoms with Gasteiger partial charge in [-0.3, -0.25) is 0 Å². The molecule has 1 aromatic carbocycles. The molecular weight excluding hydrogens is 334 g/mol. The lowest BCUT2D eigenvalue weighted by molar-refractivity contribution is -0.138. The van der Waals surface area contributed by atoms with Crippen molar-refractivity contribution in [3.05, 3.63) is 40.1 Å². The summed E-state index contributed by atoms with van der Waals surface area (Å²) in [6.07, 6.45) is -4.42. The van der Waals surface area contributed by atoms with Gasteiger partial charge in [-0.05, 0) is 12.1 Å². The molecule has 0 fully saturated rings. The quantitative estimate of drug-likeness (QED) is 0.730. The molecule has 0 atom stereocenters. The van der Waals surface area contributed by atoms with Crippen LogP contribution in [0.25, 0.3) is 11.3 Å². The second kappa shape index (κ2) is 4.93. The Bertz CT molecular complexity index is 568. The van der Waals surface area contributed by atoms with Crippen LogP contribution in [-0.4, -0.2) is 5.16 Å². The zero-order chi connectivity index (χ0) is 13.3. The summed E-state index contributed by atoms with van der Waals surface area (Å²) in [5, 5.41) is 3.67. The number of aromatic nitrogens is 1. The SMILES string of the molecule is FC(F)(F)c1cc(-c2cc(CCl)on2)ccc1Br. The molecule has 0 saturated carbocycles. The number of nitrogens with zero attached hydrogens (tertiary/aromatic N) is 1. The van der Waals surface area contributed by atoms with E-state index in [9.17, 15) is 13.2 Å². The summed E-state index contributed by atoms with van der Waals surface area (Å²) in [6, 6.07) is 5.37. The third kappa shape index (κ3) is 2.70. The molecule has 0 amide bonds. The Morgan fingerprint density at radius 2 is 2.00 bits per heavy atom. The van der Waals surface area contributed by atoms with E-state index in [2.05, 4.69) is 21.1 Å². The fourth-order valence-electron chi connectivity index (χ4n) is 1.41. The lowest BCUT2D eigenvalue weighted by Gasteiger charge is -2.09. The van der Waals surface area contributed by atoms with Gasteiger partial charge < -0.3 is 4.52 Å². The molecule has 0 saturated heterocycles. The van der Waals surface area contributed by atoms with Gasteiger partial charge in [-0.25, -0.2) is 0 Å². The smallest absolute Gasteiger partial charge is 0.359 e. The van der Waals surface area contributed by atoms with Gasteiger partial charge in [0.1, 0.15) is 5.69 Å². The van der Waals surface area contributed by atoms with Gasteiger partial charge in [0, 0.05) is 16.1 Å². The summed E-state index contributed by atoms with van der Waals surface area (Å²) in [4.78, 5) is 0. The van der Waals surface area contributed by atoms with E-state index in [1.54, 1.807) is 0 Å². The molecule has 2 aromatic rings. The minimum Gasteiger partial charge on any atom is -0.359 e. The molecule has 0 N–H and O–H groups in total. The number of halogens is 5. The van der Waals surface area contributed by atoms with Crippen molar-refractivity contribution in [2.24, 2.45) is 0 Å². The highest BCUT2D eigenvalue weighted by molar-refractivity contribution is 9.10. The zero-order valence-corrected chi connectivity index (χ0v) is 11.1. The predicted octanol–water partition coefficient (Wildman–Crippen LogP) is 4.86. The van der Waals surface area contributed by atoms with Gasteiger partial charge >= 0.3 is 6.18 Å². The number of benzene rings is 1. The van der Waals surface area contributed by atoms with Gasteiger partial charge in [0.15, 0.2) is 5.76 Å². The van der Waals surface area contributed by atoms with Crippen LogP contribution in [0.5, 0.6) is 0 Å². The van der Waals surface area contributed by atoms with E-state index in [1.807, 2.05) is 0 Å². The molecule has 1 heterocycles. The molecule has 2 rings (SSSR count). The fraction of sp³-hybridized carbons (Fsp3) is 0.182. The zero-order valence-electron chi connectivity index (χ0n) is 8.76. The average molecular weight is 341 g/mol. The first kappa shape index (κ1) is 13.4. The van der Waals surface area contributed by atoms with E-state index >= 15 is 0 Å². The lowest BCUT2D eigenvalue weighted by atomic mass is 10.1. The van der Waals surface area contributed by atoms with E-state index in [0.29, 0.717) is 17.0 Å². The highest BCUT2D eigenvalue weighted by atomic mass is 79.9. The van der Waals surface area contributed by atoms with Gasteiger partial charge in [-0.15, -0.1) is 11.6 Å². The number of rotatable bonds is 2. The van der Waals surface area contributed by atoms with Crippen molar-refractivity contribution in [3.63, 3.8) is 0 Å². The Hall–Kier alpha value is -1.01. The van der Waals surface area contributed by atoms with Crippen molar-refractivity contribution in [1.29, 1.82) is 0 Å². The molecular formula is C11H6BrClF3NO. The van der Waals surface area contributed by atoms with Crippen LogP contribution in [0.2, 0.25) is 0 Å². The van der Waals surface area contributed by atoms with Crippen LogP contribution in [0.15, 0.2) is 33.3 Å². The second-order valence-corrected chi connectivity index (χ2v) is 4.63. The van der Waals surface area contributed by atoms with Crippen molar-refractivity contribution in [1.82, 2.24) is 5.16 Å². The van der Waals surface area contributed by atoms with Crippen LogP contribution in [0.1, 0.15) is 11.3 Å². The number of hydrogen-bond acceptors (Lipinski definition) is 2. The summed E-state index contributed by atoms with van der Waals surface area (Å²) in [7, 11) is 0. The third-order valence-corrected chi connectivity index (χ3v) is 3.21. The highest BCUT2D eigenvalue weighted by Gasteiger charge is 2.33. The summed E-state index contributed by atoms with van der Waals surface area (Å²) < 4.78 is 43.0. The van der Waals surface area contributed by atoms with Crippen molar-refractivity contribution in [2.45, 2.75) is 12.1 Å². The third-order valence-electron chi connectivity index (χ3n) is 2.26. The van der Waals surface area contributed by atoms with E-state index in [0.717, 1.165) is 6.07 Å². The van der Waals surface area contributed by atoms with Gasteiger partial charge in [0.25, 0.3) is 0 Å². The van der Waals surface area contributed by atoms with Crippen LogP contribution >= 0.6 is 27.5 Å². The molecule has 1 aromatic heterocycles. The molecule has 18 heavy (non-hydrogen) atoms. The molecule has 0 aliphatic rings. The molecule has 0 bridgehead atoms. The molecule has 0 radical (unpaired) electrons. The first-order valence-electron chi connectivity index (χ1n) is 4.80. The Balaban J connectivity index is 2.47. The Morgan fingerprint density at radius 1 is 1.28 bits per heavy atom. The summed E-state index contributed by atoms with van der Waals surface area (Å²) in [5.74, 6) is 0.526. The van der Waals surface area contributed by atoms with E-state index < -0.39 is 11.7 Å². The molecule has 7 heteroatoms. The maximum atomic E-state index is 12.7. The standard InChI is InChI=1S/C11H6BrClF3NO/c12-9-2-1-6(3-8(9)11(14,15)16)10-4-7(5-13)18-17-10/h1-4H,5H2. The lowest BCUT2D eigenvalue weighted by Crippen LogP contribution is -2.06. The van der Waals surface area contributed by atoms with Gasteiger partial charge in [-0.2, -0.15) is 13.2 Å². The summed E-state index contributed by atoms with van der Waals surface area (Å²) in [5.41, 5.74) is -0.107. The molecule has 0 unspecified atom stereocenters. The first-order valence-corrected chi connectivity index (χ1v) is 6.13. The molecule has 0 spiro atoms. The van der Waals surface area contributed by atoms with Crippen LogP contribution in [-0.2, 0) is 12.1 Å². The fourth-order valence-corrected chi connectivity index (χ4v) is 2.01. The first-order chi connectivity index (χ1) is 8.41. The van der Waals surface area contributed by atoms with Gasteiger partial charge in [0.2, 0.25) is 0 Å². The van der Waals surface area contributed by atoms with Crippen molar-refractivity contribution >= 4 is 27.5 Å². The molecule has 0 aliphatic heterocycles. The van der Waals surface area contributed by atoms with Crippen LogP contribution in [0, 0.1) is 0 Å². The van der Waals surface area contributed by atoms with Crippen LogP contribution in [0.3, 0.4) is 0 Å². The largest absolute Gasteiger partial charge is 0.417 e. The van der Waals surface area contributed by atoms with Crippen molar-refractivity contribution in [2.75, 3.05) is 0 Å². The van der Waals surface area contributed by atoms with Crippen molar-refractivity contribution < 1.29 is 17.7 Å². The monoisotopic (exact) mass is 339 g/mol. The maximum Gasteiger partial charge on any atom is 0.417 e. The average Bonchev–Trinajstić information content (AvgIpc) is 2.76. The topological polar surface area (TPSA) is 26.0 Å². The molecule has 96 valence electrons. The minimum atomic E-state index is -4.42. The maximum absolute atomic E-state index is 12.7. The molecule has 2 nitrogen and oxygen atoms in total. The summed E-state index contributed by atoms with van der Waals surface area (Å²) in [6.45, 7) is 0. The second-order valence-electron chi connectivity index (χ2n) is 3.50. The van der Waals surface area contributed by atoms with Gasteiger partial charge in [-0.1, -0.05) is 27.2 Å². The van der Waals surface area contributed by atoms with Gasteiger partial charge in [0.05, 0.1) is 11.4 Å². The van der Waals surface area contributed by atoms with E-state index in [-0.39, 0.29) is 10.4 Å². The number of alkyl halides is 4. The number of hydrogen-bond donors (Lipinski definition) is 0. The highest BCUT2D eigenvalue weighted by Crippen LogP contribution is 2.37. The Morgan fingerprint density at radius 3 is 2.56 bits per heavy atom. The predicted molar refractivity (Wildman–Crippen MR) is 64.2 cm³/mol. The van der Waals surface area contributed by atoms with Crippen LogP contribution in [0.4, 0.5) is 13.2 Å². The Labute approximate surface area is 114 Å². The van der Waals surface area contributed by atoms with Crippen molar-refractivity contribution in [3.8, 4) is 11.3 Å².